The van der Waals surface area contributed by atoms with Crippen LogP contribution in [0.5, 0.6) is 0 Å². The van der Waals surface area contributed by atoms with E-state index >= 15 is 0 Å². The molecule has 33 heavy (non-hydrogen) atoms. The number of hydrogen-bond acceptors (Lipinski definition) is 8. The highest BCUT2D eigenvalue weighted by atomic mass is 32.2. The number of hydrogen-bond donors (Lipinski definition) is 1. The van der Waals surface area contributed by atoms with E-state index in [-0.39, 0.29) is 22.5 Å². The Bertz CT molecular complexity index is 1390. The summed E-state index contributed by atoms with van der Waals surface area (Å²) in [7, 11) is -1.63. The number of fused-ring (bicyclic) bond motifs is 1. The van der Waals surface area contributed by atoms with E-state index in [9.17, 15) is 13.5 Å². The van der Waals surface area contributed by atoms with Gasteiger partial charge in [-0.3, -0.25) is 4.90 Å². The van der Waals surface area contributed by atoms with Crippen molar-refractivity contribution in [1.29, 1.82) is 0 Å². The van der Waals surface area contributed by atoms with E-state index in [2.05, 4.69) is 10.1 Å². The molecular formula is C23H25N5O4S. The molecule has 1 aliphatic rings. The summed E-state index contributed by atoms with van der Waals surface area (Å²) in [4.78, 5) is 11.4. The van der Waals surface area contributed by atoms with E-state index in [1.807, 2.05) is 47.7 Å². The van der Waals surface area contributed by atoms with Gasteiger partial charge in [0, 0.05) is 13.6 Å². The van der Waals surface area contributed by atoms with Gasteiger partial charge in [-0.1, -0.05) is 35.0 Å². The average molecular weight is 468 g/mol. The normalized spacial score (nSPS) is 19.5. The number of aliphatic hydroxyl groups is 1. The molecule has 2 atom stereocenters. The predicted octanol–water partition coefficient (Wildman–Crippen LogP) is 2.55. The fourth-order valence-corrected chi connectivity index (χ4v) is 5.46. The van der Waals surface area contributed by atoms with Crippen LogP contribution in [0.3, 0.4) is 0 Å². The first kappa shape index (κ1) is 21.7. The van der Waals surface area contributed by atoms with Gasteiger partial charge in [0.2, 0.25) is 5.89 Å². The van der Waals surface area contributed by atoms with Crippen molar-refractivity contribution in [1.82, 2.24) is 24.6 Å². The van der Waals surface area contributed by atoms with Crippen molar-refractivity contribution in [2.24, 2.45) is 7.05 Å². The van der Waals surface area contributed by atoms with Crippen molar-refractivity contribution in [3.05, 3.63) is 71.6 Å². The molecule has 2 aromatic carbocycles. The number of sulfone groups is 1. The molecule has 0 bridgehead atoms. The van der Waals surface area contributed by atoms with Crippen molar-refractivity contribution in [2.75, 3.05) is 6.54 Å². The van der Waals surface area contributed by atoms with Crippen LogP contribution in [0.4, 0.5) is 0 Å². The highest BCUT2D eigenvalue weighted by Crippen LogP contribution is 2.33. The van der Waals surface area contributed by atoms with Gasteiger partial charge >= 0.3 is 0 Å². The molecule has 10 heteroatoms. The number of nitrogens with zero attached hydrogens (tertiary/aromatic N) is 5. The minimum Gasteiger partial charge on any atom is -0.392 e. The Morgan fingerprint density at radius 2 is 1.88 bits per heavy atom. The van der Waals surface area contributed by atoms with E-state index in [0.717, 1.165) is 22.4 Å². The van der Waals surface area contributed by atoms with Crippen LogP contribution in [-0.4, -0.2) is 50.8 Å². The topological polar surface area (TPSA) is 114 Å². The molecular weight excluding hydrogens is 442 g/mol. The second-order valence-electron chi connectivity index (χ2n) is 8.53. The third-order valence-corrected chi connectivity index (χ3v) is 7.70. The molecule has 1 N–H and O–H groups in total. The van der Waals surface area contributed by atoms with Crippen LogP contribution < -0.4 is 0 Å². The maximum atomic E-state index is 12.7. The lowest BCUT2D eigenvalue weighted by atomic mass is 10.2. The summed E-state index contributed by atoms with van der Waals surface area (Å²) < 4.78 is 33.0. The summed E-state index contributed by atoms with van der Waals surface area (Å²) in [5.74, 6) is 0.922. The average Bonchev–Trinajstić information content (AvgIpc) is 3.46. The van der Waals surface area contributed by atoms with Gasteiger partial charge in [0.25, 0.3) is 0 Å². The monoisotopic (exact) mass is 467 g/mol. The molecule has 0 amide bonds. The van der Waals surface area contributed by atoms with Crippen LogP contribution in [-0.2, 0) is 29.2 Å². The molecule has 4 aromatic rings. The number of aryl methyl sites for hydroxylation is 2. The number of rotatable bonds is 6. The van der Waals surface area contributed by atoms with Gasteiger partial charge in [-0.05, 0) is 37.6 Å². The van der Waals surface area contributed by atoms with Crippen LogP contribution in [0.25, 0.3) is 11.0 Å². The maximum absolute atomic E-state index is 12.7. The fraction of sp³-hybridized carbons (Fsp3) is 0.348. The summed E-state index contributed by atoms with van der Waals surface area (Å²) >= 11 is 0. The Hall–Kier alpha value is -3.08. The standard InChI is InChI=1S/C23H25N5O4S/c1-15-7-9-17(10-8-15)33(30,31)14-21-25-23(32-26-21)20-11-16(29)12-28(20)13-22-24-18-5-3-4-6-19(18)27(22)2/h3-10,16,20,29H,11-14H2,1-2H3/t16-,20+/m1/s1. The zero-order chi connectivity index (χ0) is 23.2. The number of likely N-dealkylation sites (tertiary alicyclic amines) is 1. The number of aromatic nitrogens is 4. The lowest BCUT2D eigenvalue weighted by Crippen LogP contribution is -2.26. The molecule has 2 aromatic heterocycles. The zero-order valence-corrected chi connectivity index (χ0v) is 19.2. The fourth-order valence-electron chi connectivity index (χ4n) is 4.29. The van der Waals surface area contributed by atoms with E-state index in [1.54, 1.807) is 24.3 Å². The van der Waals surface area contributed by atoms with Crippen molar-refractivity contribution in [2.45, 2.75) is 42.7 Å². The zero-order valence-electron chi connectivity index (χ0n) is 18.4. The quantitative estimate of drug-likeness (QED) is 0.460. The van der Waals surface area contributed by atoms with Gasteiger partial charge in [0.05, 0.1) is 34.6 Å². The summed E-state index contributed by atoms with van der Waals surface area (Å²) in [5.41, 5.74) is 2.93. The van der Waals surface area contributed by atoms with Gasteiger partial charge in [-0.15, -0.1) is 0 Å². The summed E-state index contributed by atoms with van der Waals surface area (Å²) in [6, 6.07) is 14.3. The number of para-hydroxylation sites is 2. The minimum absolute atomic E-state index is 0.106. The largest absolute Gasteiger partial charge is 0.392 e. The van der Waals surface area contributed by atoms with Gasteiger partial charge in [0.1, 0.15) is 11.6 Å². The Morgan fingerprint density at radius 3 is 2.64 bits per heavy atom. The maximum Gasteiger partial charge on any atom is 0.244 e. The van der Waals surface area contributed by atoms with Crippen LogP contribution in [0.2, 0.25) is 0 Å². The molecule has 5 rings (SSSR count). The van der Waals surface area contributed by atoms with Crippen LogP contribution in [0.1, 0.15) is 35.6 Å². The van der Waals surface area contributed by atoms with Crippen LogP contribution in [0, 0.1) is 6.92 Å². The molecule has 1 aliphatic heterocycles. The third-order valence-electron chi connectivity index (χ3n) is 6.07. The van der Waals surface area contributed by atoms with Gasteiger partial charge < -0.3 is 14.2 Å². The molecule has 1 saturated heterocycles. The number of aliphatic hydroxyl groups excluding tert-OH is 1. The lowest BCUT2D eigenvalue weighted by Gasteiger charge is -2.20. The summed E-state index contributed by atoms with van der Waals surface area (Å²) in [5, 5.41) is 14.2. The molecule has 0 radical (unpaired) electrons. The van der Waals surface area contributed by atoms with Crippen LogP contribution >= 0.6 is 0 Å². The van der Waals surface area contributed by atoms with Crippen molar-refractivity contribution >= 4 is 20.9 Å². The van der Waals surface area contributed by atoms with Crippen LogP contribution in [0.15, 0.2) is 57.9 Å². The predicted molar refractivity (Wildman–Crippen MR) is 121 cm³/mol. The van der Waals surface area contributed by atoms with Crippen molar-refractivity contribution in [3.63, 3.8) is 0 Å². The van der Waals surface area contributed by atoms with E-state index < -0.39 is 15.9 Å². The first-order chi connectivity index (χ1) is 15.8. The SMILES string of the molecule is Cc1ccc(S(=O)(=O)Cc2noc([C@@H]3C[C@@H](O)CN3Cc3nc4ccccc4n3C)n2)cc1. The molecule has 0 aliphatic carbocycles. The Labute approximate surface area is 191 Å². The van der Waals surface area contributed by atoms with Crippen molar-refractivity contribution < 1.29 is 18.0 Å². The van der Waals surface area contributed by atoms with E-state index in [1.165, 1.54) is 0 Å². The lowest BCUT2D eigenvalue weighted by molar-refractivity contribution is 0.167. The Morgan fingerprint density at radius 1 is 1.12 bits per heavy atom. The molecule has 1 fully saturated rings. The van der Waals surface area contributed by atoms with Gasteiger partial charge in [-0.25, -0.2) is 13.4 Å². The minimum atomic E-state index is -3.59. The van der Waals surface area contributed by atoms with Gasteiger partial charge in [-0.2, -0.15) is 4.98 Å². The second-order valence-corrected chi connectivity index (χ2v) is 10.5. The highest BCUT2D eigenvalue weighted by molar-refractivity contribution is 7.90. The molecule has 3 heterocycles. The molecule has 172 valence electrons. The smallest absolute Gasteiger partial charge is 0.244 e. The third kappa shape index (κ3) is 4.29. The Balaban J connectivity index is 1.36. The summed E-state index contributed by atoms with van der Waals surface area (Å²) in [6.45, 7) is 2.83. The second kappa shape index (κ2) is 8.36. The highest BCUT2D eigenvalue weighted by Gasteiger charge is 2.37. The van der Waals surface area contributed by atoms with Crippen molar-refractivity contribution in [3.8, 4) is 0 Å². The number of benzene rings is 2. The number of imidazole rings is 1. The number of β-amino-alcohol motifs (C(OH)–C–C–N with tert-alkyl or cyclic N) is 1. The molecule has 9 nitrogen and oxygen atoms in total. The van der Waals surface area contributed by atoms with Gasteiger partial charge in [0.15, 0.2) is 15.7 Å². The Kier molecular flexibility index (Phi) is 5.51. The molecule has 0 unspecified atom stereocenters. The first-order valence-corrected chi connectivity index (χ1v) is 12.4. The van der Waals surface area contributed by atoms with E-state index in [0.29, 0.717) is 25.4 Å². The molecule has 0 saturated carbocycles. The molecule has 0 spiro atoms. The summed E-state index contributed by atoms with van der Waals surface area (Å²) in [6.07, 6.45) is -0.118. The first-order valence-electron chi connectivity index (χ1n) is 10.7. The van der Waals surface area contributed by atoms with E-state index in [4.69, 9.17) is 9.51 Å².